The monoisotopic (exact) mass is 681 g/mol. The number of amidine groups is 2. The molecule has 1 heterocycles. The lowest BCUT2D eigenvalue weighted by Gasteiger charge is -2.21. The molecule has 0 spiro atoms. The van der Waals surface area contributed by atoms with Gasteiger partial charge in [0.2, 0.25) is 0 Å². The fourth-order valence-electron chi connectivity index (χ4n) is 8.55. The summed E-state index contributed by atoms with van der Waals surface area (Å²) in [6.07, 6.45) is 0. The molecule has 1 aromatic heterocycles. The standard InChI is InChI=1S/C49H35N3O/c1-49(2)41-18-8-7-15-37(41)45-38(17-9-19-42(45)49)48(51)52-47(50)30-23-21-29(22-24-30)34-16-10-20-44-46(34)40-28-32(25-26-43(40)53-44)39-27-31-11-3-4-12-33(31)35-13-5-6-14-36(35)39/h3-28H,1-2H3,(H3,50,51,52). The predicted octanol–water partition coefficient (Wildman–Crippen LogP) is 12.3. The minimum absolute atomic E-state index is 0.122. The van der Waals surface area contributed by atoms with E-state index in [0.717, 1.165) is 49.8 Å². The van der Waals surface area contributed by atoms with Gasteiger partial charge in [-0.1, -0.05) is 147 Å². The van der Waals surface area contributed by atoms with Crippen LogP contribution in [0.2, 0.25) is 0 Å². The van der Waals surface area contributed by atoms with Gasteiger partial charge in [0.1, 0.15) is 17.0 Å². The van der Waals surface area contributed by atoms with Crippen molar-refractivity contribution in [3.05, 3.63) is 180 Å². The van der Waals surface area contributed by atoms with Crippen LogP contribution in [0.4, 0.5) is 0 Å². The Morgan fingerprint density at radius 2 is 1.25 bits per heavy atom. The Hall–Kier alpha value is -6.78. The van der Waals surface area contributed by atoms with Crippen LogP contribution in [-0.4, -0.2) is 11.7 Å². The maximum Gasteiger partial charge on any atom is 0.154 e. The van der Waals surface area contributed by atoms with Gasteiger partial charge in [-0.3, -0.25) is 5.41 Å². The van der Waals surface area contributed by atoms with Gasteiger partial charge in [-0.05, 0) is 90.3 Å². The number of hydrogen-bond donors (Lipinski definition) is 2. The molecule has 252 valence electrons. The molecule has 0 unspecified atom stereocenters. The first kappa shape index (κ1) is 31.0. The summed E-state index contributed by atoms with van der Waals surface area (Å²) in [7, 11) is 0. The summed E-state index contributed by atoms with van der Waals surface area (Å²) in [6.45, 7) is 4.49. The summed E-state index contributed by atoms with van der Waals surface area (Å²) >= 11 is 0. The lowest BCUT2D eigenvalue weighted by molar-refractivity contribution is 0.660. The maximum atomic E-state index is 8.95. The largest absolute Gasteiger partial charge is 0.456 e. The number of nitrogens with two attached hydrogens (primary N) is 1. The summed E-state index contributed by atoms with van der Waals surface area (Å²) < 4.78 is 6.41. The van der Waals surface area contributed by atoms with Gasteiger partial charge < -0.3 is 10.2 Å². The van der Waals surface area contributed by atoms with Crippen molar-refractivity contribution in [2.24, 2.45) is 10.7 Å². The van der Waals surface area contributed by atoms with Gasteiger partial charge >= 0.3 is 0 Å². The highest BCUT2D eigenvalue weighted by atomic mass is 16.3. The van der Waals surface area contributed by atoms with Crippen molar-refractivity contribution >= 4 is 55.2 Å². The molecule has 9 aromatic rings. The number of nitrogens with zero attached hydrogens (tertiary/aromatic N) is 1. The van der Waals surface area contributed by atoms with E-state index in [1.165, 1.54) is 43.8 Å². The van der Waals surface area contributed by atoms with E-state index in [2.05, 4.69) is 140 Å². The molecule has 4 heteroatoms. The zero-order chi connectivity index (χ0) is 35.8. The first-order valence-electron chi connectivity index (χ1n) is 18.0. The molecule has 0 atom stereocenters. The topological polar surface area (TPSA) is 75.4 Å². The number of rotatable bonds is 4. The molecule has 0 radical (unpaired) electrons. The third kappa shape index (κ3) is 4.76. The molecule has 1 aliphatic rings. The van der Waals surface area contributed by atoms with Crippen LogP contribution in [0, 0.1) is 5.41 Å². The van der Waals surface area contributed by atoms with Gasteiger partial charge in [-0.15, -0.1) is 0 Å². The van der Waals surface area contributed by atoms with Crippen LogP contribution in [0.25, 0.3) is 76.9 Å². The highest BCUT2D eigenvalue weighted by Gasteiger charge is 2.36. The highest BCUT2D eigenvalue weighted by Crippen LogP contribution is 2.50. The molecule has 8 aromatic carbocycles. The van der Waals surface area contributed by atoms with E-state index in [4.69, 9.17) is 15.6 Å². The molecule has 0 amide bonds. The second kappa shape index (κ2) is 11.6. The molecular weight excluding hydrogens is 647 g/mol. The lowest BCUT2D eigenvalue weighted by atomic mass is 9.82. The molecule has 3 N–H and O–H groups in total. The summed E-state index contributed by atoms with van der Waals surface area (Å²) in [4.78, 5) is 4.64. The second-order valence-electron chi connectivity index (χ2n) is 14.5. The van der Waals surface area contributed by atoms with Crippen molar-refractivity contribution in [3.8, 4) is 33.4 Å². The third-order valence-corrected chi connectivity index (χ3v) is 11.2. The van der Waals surface area contributed by atoms with Crippen molar-refractivity contribution < 1.29 is 4.42 Å². The molecule has 53 heavy (non-hydrogen) atoms. The van der Waals surface area contributed by atoms with Crippen LogP contribution >= 0.6 is 0 Å². The van der Waals surface area contributed by atoms with E-state index in [1.54, 1.807) is 0 Å². The van der Waals surface area contributed by atoms with Gasteiger partial charge in [0.25, 0.3) is 0 Å². The summed E-state index contributed by atoms with van der Waals surface area (Å²) in [5.74, 6) is 0.462. The minimum Gasteiger partial charge on any atom is -0.456 e. The van der Waals surface area contributed by atoms with Crippen LogP contribution < -0.4 is 5.73 Å². The Kier molecular flexibility index (Phi) is 6.80. The number of nitrogens with one attached hydrogen (secondary N) is 1. The number of aliphatic imine (C=N–C) groups is 1. The zero-order valence-electron chi connectivity index (χ0n) is 29.4. The average Bonchev–Trinajstić information content (AvgIpc) is 3.69. The number of benzene rings is 8. The van der Waals surface area contributed by atoms with Crippen LogP contribution in [0.1, 0.15) is 36.1 Å². The van der Waals surface area contributed by atoms with Gasteiger partial charge in [-0.25, -0.2) is 4.99 Å². The molecule has 0 fully saturated rings. The molecule has 4 nitrogen and oxygen atoms in total. The van der Waals surface area contributed by atoms with Crippen molar-refractivity contribution in [2.45, 2.75) is 19.3 Å². The Bertz CT molecular complexity index is 3000. The van der Waals surface area contributed by atoms with Crippen molar-refractivity contribution in [1.82, 2.24) is 0 Å². The lowest BCUT2D eigenvalue weighted by Crippen LogP contribution is -2.18. The zero-order valence-corrected chi connectivity index (χ0v) is 29.4. The van der Waals surface area contributed by atoms with Crippen molar-refractivity contribution in [3.63, 3.8) is 0 Å². The molecule has 10 rings (SSSR count). The Labute approximate surface area is 307 Å². The fraction of sp³-hybridized carbons (Fsp3) is 0.0612. The van der Waals surface area contributed by atoms with E-state index in [0.29, 0.717) is 11.4 Å². The van der Waals surface area contributed by atoms with E-state index in [-0.39, 0.29) is 11.3 Å². The summed E-state index contributed by atoms with van der Waals surface area (Å²) in [5, 5.41) is 16.0. The predicted molar refractivity (Wildman–Crippen MR) is 221 cm³/mol. The quantitative estimate of drug-likeness (QED) is 0.110. The first-order valence-corrected chi connectivity index (χ1v) is 18.0. The molecular formula is C49H35N3O. The third-order valence-electron chi connectivity index (χ3n) is 11.2. The molecule has 1 aliphatic carbocycles. The highest BCUT2D eigenvalue weighted by molar-refractivity contribution is 6.17. The van der Waals surface area contributed by atoms with Gasteiger partial charge in [0, 0.05) is 27.3 Å². The Morgan fingerprint density at radius 1 is 0.566 bits per heavy atom. The normalized spacial score (nSPS) is 13.5. The Morgan fingerprint density at radius 3 is 2.09 bits per heavy atom. The molecule has 0 saturated carbocycles. The first-order chi connectivity index (χ1) is 25.9. The van der Waals surface area contributed by atoms with E-state index >= 15 is 0 Å². The maximum absolute atomic E-state index is 8.95. The minimum atomic E-state index is -0.138. The van der Waals surface area contributed by atoms with Crippen LogP contribution in [0.5, 0.6) is 0 Å². The average molecular weight is 682 g/mol. The van der Waals surface area contributed by atoms with Gasteiger partial charge in [0.05, 0.1) is 0 Å². The molecule has 0 aliphatic heterocycles. The molecule has 0 bridgehead atoms. The van der Waals surface area contributed by atoms with Crippen LogP contribution in [-0.2, 0) is 5.41 Å². The summed E-state index contributed by atoms with van der Waals surface area (Å²) in [6, 6.07) is 55.0. The van der Waals surface area contributed by atoms with E-state index in [9.17, 15) is 0 Å². The molecule has 0 saturated heterocycles. The van der Waals surface area contributed by atoms with E-state index in [1.807, 2.05) is 36.4 Å². The number of hydrogen-bond acceptors (Lipinski definition) is 2. The van der Waals surface area contributed by atoms with Crippen LogP contribution in [0.15, 0.2) is 167 Å². The van der Waals surface area contributed by atoms with Crippen molar-refractivity contribution in [2.75, 3.05) is 0 Å². The van der Waals surface area contributed by atoms with Gasteiger partial charge in [-0.2, -0.15) is 0 Å². The van der Waals surface area contributed by atoms with Crippen LogP contribution in [0.3, 0.4) is 0 Å². The van der Waals surface area contributed by atoms with E-state index < -0.39 is 0 Å². The SMILES string of the molecule is CC1(C)c2ccccc2-c2c(C(N)=NC(=N)c3ccc(-c4cccc5oc6ccc(-c7cc8ccccc8c8ccccc78)cc6c45)cc3)cccc21. The summed E-state index contributed by atoms with van der Waals surface area (Å²) in [5.41, 5.74) is 19.0. The van der Waals surface area contributed by atoms with Gasteiger partial charge in [0.15, 0.2) is 5.84 Å². The second-order valence-corrected chi connectivity index (χ2v) is 14.5. The van der Waals surface area contributed by atoms with Crippen molar-refractivity contribution in [1.29, 1.82) is 5.41 Å². The smallest absolute Gasteiger partial charge is 0.154 e. The fourth-order valence-corrected chi connectivity index (χ4v) is 8.55. The number of furan rings is 1. The number of fused-ring (bicyclic) bond motifs is 9. The Balaban J connectivity index is 1.02.